The number of fused-ring (bicyclic) bond motifs is 3. The number of benzene rings is 1. The lowest BCUT2D eigenvalue weighted by molar-refractivity contribution is -0.117. The molecule has 1 fully saturated rings. The van der Waals surface area contributed by atoms with Crippen molar-refractivity contribution < 1.29 is 13.9 Å². The van der Waals surface area contributed by atoms with Gasteiger partial charge in [-0.05, 0) is 57.6 Å². The number of hydrogen-bond donors (Lipinski definition) is 1. The maximum atomic E-state index is 12.7. The molecule has 1 aromatic carbocycles. The number of nitrogens with one attached hydrogen (secondary N) is 1. The van der Waals surface area contributed by atoms with Gasteiger partial charge in [0.15, 0.2) is 0 Å². The van der Waals surface area contributed by atoms with Crippen molar-refractivity contribution in [1.29, 1.82) is 0 Å². The summed E-state index contributed by atoms with van der Waals surface area (Å²) in [7, 11) is 0. The maximum absolute atomic E-state index is 12.7. The Morgan fingerprint density at radius 3 is 2.66 bits per heavy atom. The van der Waals surface area contributed by atoms with Crippen LogP contribution in [-0.2, 0) is 17.6 Å². The maximum Gasteiger partial charge on any atom is 0.244 e. The molecule has 1 heterocycles. The van der Waals surface area contributed by atoms with E-state index in [9.17, 15) is 4.79 Å². The van der Waals surface area contributed by atoms with Gasteiger partial charge in [0.25, 0.3) is 0 Å². The van der Waals surface area contributed by atoms with E-state index in [-0.39, 0.29) is 5.91 Å². The Bertz CT molecular complexity index is 900. The fraction of sp³-hybridized carbons (Fsp3) is 0.560. The summed E-state index contributed by atoms with van der Waals surface area (Å²) in [6.07, 6.45) is 13.4. The Balaban J connectivity index is 1.62. The average Bonchev–Trinajstić information content (AvgIpc) is 2.86. The molecular formula is C25H33NO3. The minimum Gasteiger partial charge on any atom is -0.493 e. The molecule has 2 aromatic rings. The highest BCUT2D eigenvalue weighted by Crippen LogP contribution is 2.38. The van der Waals surface area contributed by atoms with Gasteiger partial charge in [-0.25, -0.2) is 0 Å². The molecule has 0 unspecified atom stereocenters. The molecule has 1 N–H and O–H groups in total. The van der Waals surface area contributed by atoms with E-state index in [2.05, 4.69) is 11.4 Å². The quantitative estimate of drug-likeness (QED) is 0.502. The zero-order chi connectivity index (χ0) is 20.2. The predicted octanol–water partition coefficient (Wildman–Crippen LogP) is 5.95. The Kier molecular flexibility index (Phi) is 6.27. The average molecular weight is 396 g/mol. The highest BCUT2D eigenvalue weighted by atomic mass is 16.5. The molecule has 156 valence electrons. The van der Waals surface area contributed by atoms with Crippen molar-refractivity contribution in [3.05, 3.63) is 35.1 Å². The number of carbonyl (C=O) groups is 1. The SMILES string of the molecule is CCOc1cc2oc3c(c2cc1/C(C)=C/C(=O)NC1CCCCCC1)CCCC3. The molecule has 0 spiro atoms. The Hall–Kier alpha value is -2.23. The third-order valence-electron chi connectivity index (χ3n) is 6.33. The molecule has 2 aliphatic rings. The molecule has 29 heavy (non-hydrogen) atoms. The van der Waals surface area contributed by atoms with Gasteiger partial charge in [-0.1, -0.05) is 25.7 Å². The monoisotopic (exact) mass is 395 g/mol. The van der Waals surface area contributed by atoms with Crippen molar-refractivity contribution >= 4 is 22.4 Å². The molecule has 2 aliphatic carbocycles. The van der Waals surface area contributed by atoms with Crippen LogP contribution in [0.15, 0.2) is 22.6 Å². The molecule has 0 atom stereocenters. The summed E-state index contributed by atoms with van der Waals surface area (Å²) in [4.78, 5) is 12.7. The van der Waals surface area contributed by atoms with Crippen LogP contribution in [0.3, 0.4) is 0 Å². The first-order chi connectivity index (χ1) is 14.2. The van der Waals surface area contributed by atoms with Crippen LogP contribution in [0.4, 0.5) is 0 Å². The second-order valence-corrected chi connectivity index (χ2v) is 8.51. The van der Waals surface area contributed by atoms with Gasteiger partial charge in [0.1, 0.15) is 17.1 Å². The van der Waals surface area contributed by atoms with E-state index < -0.39 is 0 Å². The minimum atomic E-state index is 0.00571. The fourth-order valence-corrected chi connectivity index (χ4v) is 4.81. The number of hydrogen-bond acceptors (Lipinski definition) is 3. The summed E-state index contributed by atoms with van der Waals surface area (Å²) in [5, 5.41) is 4.39. The first-order valence-electron chi connectivity index (χ1n) is 11.4. The third kappa shape index (κ3) is 4.52. The van der Waals surface area contributed by atoms with Crippen molar-refractivity contribution in [3.8, 4) is 5.75 Å². The number of carbonyl (C=O) groups excluding carboxylic acids is 1. The Morgan fingerprint density at radius 1 is 1.14 bits per heavy atom. The lowest BCUT2D eigenvalue weighted by atomic mass is 9.94. The van der Waals surface area contributed by atoms with E-state index in [4.69, 9.17) is 9.15 Å². The van der Waals surface area contributed by atoms with Crippen LogP contribution in [0.5, 0.6) is 5.75 Å². The Labute approximate surface area is 173 Å². The van der Waals surface area contributed by atoms with Crippen LogP contribution in [0.1, 0.15) is 82.1 Å². The third-order valence-corrected chi connectivity index (χ3v) is 6.33. The van der Waals surface area contributed by atoms with E-state index in [1.807, 2.05) is 19.9 Å². The van der Waals surface area contributed by atoms with Crippen LogP contribution >= 0.6 is 0 Å². The Morgan fingerprint density at radius 2 is 1.90 bits per heavy atom. The highest BCUT2D eigenvalue weighted by Gasteiger charge is 2.21. The zero-order valence-electron chi connectivity index (χ0n) is 17.8. The topological polar surface area (TPSA) is 51.5 Å². The number of aryl methyl sites for hydroxylation is 2. The second kappa shape index (κ2) is 9.06. The molecule has 4 nitrogen and oxygen atoms in total. The fourth-order valence-electron chi connectivity index (χ4n) is 4.81. The highest BCUT2D eigenvalue weighted by molar-refractivity contribution is 5.97. The lowest BCUT2D eigenvalue weighted by Gasteiger charge is -2.16. The van der Waals surface area contributed by atoms with Crippen LogP contribution in [0.25, 0.3) is 16.5 Å². The molecule has 0 saturated heterocycles. The van der Waals surface area contributed by atoms with Gasteiger partial charge in [0.2, 0.25) is 5.91 Å². The second-order valence-electron chi connectivity index (χ2n) is 8.51. The van der Waals surface area contributed by atoms with Crippen molar-refractivity contribution in [3.63, 3.8) is 0 Å². The number of allylic oxidation sites excluding steroid dienone is 1. The van der Waals surface area contributed by atoms with Crippen molar-refractivity contribution in [1.82, 2.24) is 5.32 Å². The number of furan rings is 1. The van der Waals surface area contributed by atoms with Crippen LogP contribution in [-0.4, -0.2) is 18.6 Å². The van der Waals surface area contributed by atoms with Gasteiger partial charge in [-0.15, -0.1) is 0 Å². The molecule has 0 bridgehead atoms. The molecule has 0 radical (unpaired) electrons. The van der Waals surface area contributed by atoms with Gasteiger partial charge < -0.3 is 14.5 Å². The van der Waals surface area contributed by atoms with Crippen LogP contribution < -0.4 is 10.1 Å². The standard InChI is InChI=1S/C25H33NO3/c1-3-28-23-16-24-21(19-12-8-9-13-22(19)29-24)15-20(23)17(2)14-25(27)26-18-10-6-4-5-7-11-18/h14-16,18H,3-13H2,1-2H3,(H,26,27)/b17-14+. The van der Waals surface area contributed by atoms with Crippen LogP contribution in [0.2, 0.25) is 0 Å². The lowest BCUT2D eigenvalue weighted by Crippen LogP contribution is -2.33. The van der Waals surface area contributed by atoms with Gasteiger partial charge >= 0.3 is 0 Å². The van der Waals surface area contributed by atoms with E-state index in [1.165, 1.54) is 49.5 Å². The summed E-state index contributed by atoms with van der Waals surface area (Å²) in [6.45, 7) is 4.57. The number of ether oxygens (including phenoxy) is 1. The zero-order valence-corrected chi connectivity index (χ0v) is 17.8. The molecule has 1 aromatic heterocycles. The van der Waals surface area contributed by atoms with E-state index in [0.29, 0.717) is 12.6 Å². The molecule has 4 rings (SSSR count). The summed E-state index contributed by atoms with van der Waals surface area (Å²) in [5.74, 6) is 1.92. The van der Waals surface area contributed by atoms with E-state index in [1.54, 1.807) is 6.08 Å². The summed E-state index contributed by atoms with van der Waals surface area (Å²) < 4.78 is 12.0. The van der Waals surface area contributed by atoms with E-state index >= 15 is 0 Å². The van der Waals surface area contributed by atoms with Gasteiger partial charge in [0, 0.05) is 41.1 Å². The normalized spacial score (nSPS) is 18.3. The molecule has 4 heteroatoms. The van der Waals surface area contributed by atoms with Crippen molar-refractivity contribution in [2.45, 2.75) is 84.1 Å². The van der Waals surface area contributed by atoms with Crippen molar-refractivity contribution in [2.75, 3.05) is 6.61 Å². The van der Waals surface area contributed by atoms with Crippen molar-refractivity contribution in [2.24, 2.45) is 0 Å². The first kappa shape index (κ1) is 20.1. The smallest absolute Gasteiger partial charge is 0.244 e. The number of amides is 1. The first-order valence-corrected chi connectivity index (χ1v) is 11.4. The largest absolute Gasteiger partial charge is 0.493 e. The summed E-state index contributed by atoms with van der Waals surface area (Å²) in [6, 6.07) is 4.48. The summed E-state index contributed by atoms with van der Waals surface area (Å²) >= 11 is 0. The molecule has 0 aliphatic heterocycles. The van der Waals surface area contributed by atoms with Crippen LogP contribution in [0, 0.1) is 0 Å². The number of rotatable bonds is 5. The van der Waals surface area contributed by atoms with E-state index in [0.717, 1.165) is 53.9 Å². The molecule has 1 amide bonds. The van der Waals surface area contributed by atoms with Gasteiger partial charge in [-0.3, -0.25) is 4.79 Å². The van der Waals surface area contributed by atoms with Gasteiger partial charge in [0.05, 0.1) is 6.61 Å². The summed E-state index contributed by atoms with van der Waals surface area (Å²) in [5.41, 5.74) is 4.17. The van der Waals surface area contributed by atoms with Gasteiger partial charge in [-0.2, -0.15) is 0 Å². The predicted molar refractivity (Wildman–Crippen MR) is 117 cm³/mol. The molecular weight excluding hydrogens is 362 g/mol. The molecule has 1 saturated carbocycles. The minimum absolute atomic E-state index is 0.00571.